The Balaban J connectivity index is 2.26. The van der Waals surface area contributed by atoms with Crippen molar-refractivity contribution in [2.24, 2.45) is 0 Å². The minimum Gasteiger partial charge on any atom is -0.488 e. The standard InChI is InChI=1S/C18H21NO2/c1-13-8-9-14-11-21-17-7-5-4-6-15(17)18(20,12-19(2)3)16(14)10-13/h4-10,20H,11-12H2,1-3H3. The van der Waals surface area contributed by atoms with Gasteiger partial charge in [0.1, 0.15) is 18.0 Å². The first kappa shape index (κ1) is 14.1. The highest BCUT2D eigenvalue weighted by molar-refractivity contribution is 5.50. The number of ether oxygens (including phenoxy) is 1. The summed E-state index contributed by atoms with van der Waals surface area (Å²) >= 11 is 0. The molecule has 0 bridgehead atoms. The van der Waals surface area contributed by atoms with Gasteiger partial charge in [-0.05, 0) is 38.2 Å². The lowest BCUT2D eigenvalue weighted by molar-refractivity contribution is 0.0507. The van der Waals surface area contributed by atoms with Gasteiger partial charge in [0.25, 0.3) is 0 Å². The molecule has 0 aromatic heterocycles. The first-order valence-electron chi connectivity index (χ1n) is 7.20. The third kappa shape index (κ3) is 2.43. The molecule has 0 amide bonds. The molecule has 1 aliphatic heterocycles. The van der Waals surface area contributed by atoms with Gasteiger partial charge < -0.3 is 14.7 Å². The van der Waals surface area contributed by atoms with Gasteiger partial charge in [0.2, 0.25) is 0 Å². The molecule has 1 atom stereocenters. The Hall–Kier alpha value is -1.84. The first-order chi connectivity index (χ1) is 10.0. The van der Waals surface area contributed by atoms with Crippen molar-refractivity contribution in [3.63, 3.8) is 0 Å². The van der Waals surface area contributed by atoms with E-state index in [1.165, 1.54) is 0 Å². The summed E-state index contributed by atoms with van der Waals surface area (Å²) in [5.74, 6) is 0.760. The van der Waals surface area contributed by atoms with Crippen LogP contribution in [0.2, 0.25) is 0 Å². The summed E-state index contributed by atoms with van der Waals surface area (Å²) in [5, 5.41) is 11.5. The number of aryl methyl sites for hydroxylation is 1. The maximum Gasteiger partial charge on any atom is 0.131 e. The van der Waals surface area contributed by atoms with Crippen LogP contribution < -0.4 is 4.74 Å². The second-order valence-corrected chi connectivity index (χ2v) is 6.04. The number of aliphatic hydroxyl groups is 1. The molecule has 1 unspecified atom stereocenters. The Bertz CT molecular complexity index is 666. The van der Waals surface area contributed by atoms with Gasteiger partial charge in [0.05, 0.1) is 0 Å². The number of benzene rings is 2. The predicted molar refractivity (Wildman–Crippen MR) is 83.5 cm³/mol. The Morgan fingerprint density at radius 3 is 2.67 bits per heavy atom. The van der Waals surface area contributed by atoms with Crippen molar-refractivity contribution < 1.29 is 9.84 Å². The van der Waals surface area contributed by atoms with E-state index in [-0.39, 0.29) is 0 Å². The third-order valence-corrected chi connectivity index (χ3v) is 3.97. The molecule has 3 rings (SSSR count). The Labute approximate surface area is 125 Å². The molecule has 3 heteroatoms. The van der Waals surface area contributed by atoms with E-state index in [0.717, 1.165) is 28.0 Å². The molecule has 1 N–H and O–H groups in total. The second kappa shape index (κ2) is 5.17. The molecule has 110 valence electrons. The molecular weight excluding hydrogens is 262 g/mol. The van der Waals surface area contributed by atoms with E-state index >= 15 is 0 Å². The molecule has 0 fully saturated rings. The lowest BCUT2D eigenvalue weighted by Gasteiger charge is -2.32. The van der Waals surface area contributed by atoms with E-state index in [1.807, 2.05) is 50.2 Å². The number of hydrogen-bond acceptors (Lipinski definition) is 3. The highest BCUT2D eigenvalue weighted by Crippen LogP contribution is 2.41. The topological polar surface area (TPSA) is 32.7 Å². The molecular formula is C18H21NO2. The van der Waals surface area contributed by atoms with Gasteiger partial charge in [0.15, 0.2) is 0 Å². The van der Waals surface area contributed by atoms with Gasteiger partial charge in [-0.2, -0.15) is 0 Å². The number of para-hydroxylation sites is 1. The van der Waals surface area contributed by atoms with E-state index in [2.05, 4.69) is 18.2 Å². The first-order valence-corrected chi connectivity index (χ1v) is 7.20. The lowest BCUT2D eigenvalue weighted by atomic mass is 9.82. The third-order valence-electron chi connectivity index (χ3n) is 3.97. The minimum atomic E-state index is -1.06. The van der Waals surface area contributed by atoms with E-state index in [1.54, 1.807) is 0 Å². The van der Waals surface area contributed by atoms with Crippen molar-refractivity contribution >= 4 is 0 Å². The summed E-state index contributed by atoms with van der Waals surface area (Å²) in [5.41, 5.74) is 2.91. The summed E-state index contributed by atoms with van der Waals surface area (Å²) in [4.78, 5) is 2.01. The fourth-order valence-corrected chi connectivity index (χ4v) is 3.06. The van der Waals surface area contributed by atoms with Crippen LogP contribution in [0.15, 0.2) is 42.5 Å². The van der Waals surface area contributed by atoms with Gasteiger partial charge >= 0.3 is 0 Å². The zero-order chi connectivity index (χ0) is 15.0. The monoisotopic (exact) mass is 283 g/mol. The van der Waals surface area contributed by atoms with Crippen LogP contribution in [0.4, 0.5) is 0 Å². The summed E-state index contributed by atoms with van der Waals surface area (Å²) < 4.78 is 5.91. The molecule has 1 heterocycles. The SMILES string of the molecule is Cc1ccc2c(c1)C(O)(CN(C)C)c1ccccc1OC2. The van der Waals surface area contributed by atoms with Gasteiger partial charge in [-0.25, -0.2) is 0 Å². The van der Waals surface area contributed by atoms with Crippen molar-refractivity contribution in [2.45, 2.75) is 19.1 Å². The van der Waals surface area contributed by atoms with Gasteiger partial charge in [0, 0.05) is 12.1 Å². The zero-order valence-electron chi connectivity index (χ0n) is 12.8. The molecule has 2 aromatic carbocycles. The number of hydrogen-bond donors (Lipinski definition) is 1. The van der Waals surface area contributed by atoms with Crippen LogP contribution in [-0.4, -0.2) is 30.6 Å². The fraction of sp³-hybridized carbons (Fsp3) is 0.333. The van der Waals surface area contributed by atoms with Crippen molar-refractivity contribution in [3.05, 3.63) is 64.7 Å². The Kier molecular flexibility index (Phi) is 3.47. The molecule has 0 saturated heterocycles. The van der Waals surface area contributed by atoms with Crippen molar-refractivity contribution in [1.82, 2.24) is 4.90 Å². The maximum atomic E-state index is 11.5. The number of likely N-dealkylation sites (N-methyl/N-ethyl adjacent to an activating group) is 1. The van der Waals surface area contributed by atoms with E-state index < -0.39 is 5.60 Å². The highest BCUT2D eigenvalue weighted by atomic mass is 16.5. The number of fused-ring (bicyclic) bond motifs is 2. The molecule has 3 nitrogen and oxygen atoms in total. The molecule has 2 aromatic rings. The normalized spacial score (nSPS) is 20.4. The largest absolute Gasteiger partial charge is 0.488 e. The quantitative estimate of drug-likeness (QED) is 0.920. The average molecular weight is 283 g/mol. The van der Waals surface area contributed by atoms with Crippen LogP contribution >= 0.6 is 0 Å². The zero-order valence-corrected chi connectivity index (χ0v) is 12.8. The minimum absolute atomic E-state index is 0.488. The fourth-order valence-electron chi connectivity index (χ4n) is 3.06. The smallest absolute Gasteiger partial charge is 0.131 e. The van der Waals surface area contributed by atoms with Crippen molar-refractivity contribution in [1.29, 1.82) is 0 Å². The van der Waals surface area contributed by atoms with Gasteiger partial charge in [-0.3, -0.25) is 0 Å². The molecule has 21 heavy (non-hydrogen) atoms. The summed E-state index contributed by atoms with van der Waals surface area (Å²) in [6.45, 7) is 3.06. The van der Waals surface area contributed by atoms with Crippen LogP contribution in [0.5, 0.6) is 5.75 Å². The van der Waals surface area contributed by atoms with Crippen LogP contribution in [0.25, 0.3) is 0 Å². The summed E-state index contributed by atoms with van der Waals surface area (Å²) in [7, 11) is 3.95. The molecule has 0 spiro atoms. The number of nitrogens with zero attached hydrogens (tertiary/aromatic N) is 1. The highest BCUT2D eigenvalue weighted by Gasteiger charge is 2.38. The Morgan fingerprint density at radius 2 is 1.90 bits per heavy atom. The Morgan fingerprint density at radius 1 is 1.14 bits per heavy atom. The molecule has 1 aliphatic rings. The summed E-state index contributed by atoms with van der Waals surface area (Å²) in [6.07, 6.45) is 0. The van der Waals surface area contributed by atoms with Gasteiger partial charge in [-0.1, -0.05) is 42.0 Å². The molecule has 0 saturated carbocycles. The second-order valence-electron chi connectivity index (χ2n) is 6.04. The number of rotatable bonds is 2. The summed E-state index contributed by atoms with van der Waals surface area (Å²) in [6, 6.07) is 14.0. The van der Waals surface area contributed by atoms with E-state index in [0.29, 0.717) is 13.2 Å². The van der Waals surface area contributed by atoms with Crippen LogP contribution in [-0.2, 0) is 12.2 Å². The van der Waals surface area contributed by atoms with E-state index in [9.17, 15) is 5.11 Å². The maximum absolute atomic E-state index is 11.5. The van der Waals surface area contributed by atoms with Crippen molar-refractivity contribution in [3.8, 4) is 5.75 Å². The van der Waals surface area contributed by atoms with Gasteiger partial charge in [-0.15, -0.1) is 0 Å². The van der Waals surface area contributed by atoms with Crippen molar-refractivity contribution in [2.75, 3.05) is 20.6 Å². The molecule has 0 radical (unpaired) electrons. The van der Waals surface area contributed by atoms with Crippen LogP contribution in [0, 0.1) is 6.92 Å². The predicted octanol–water partition coefficient (Wildman–Crippen LogP) is 2.68. The average Bonchev–Trinajstić information content (AvgIpc) is 2.55. The lowest BCUT2D eigenvalue weighted by Crippen LogP contribution is -2.39. The van der Waals surface area contributed by atoms with E-state index in [4.69, 9.17) is 4.74 Å². The molecule has 0 aliphatic carbocycles. The van der Waals surface area contributed by atoms with Crippen LogP contribution in [0.1, 0.15) is 22.3 Å². The van der Waals surface area contributed by atoms with Crippen LogP contribution in [0.3, 0.4) is 0 Å².